The Morgan fingerprint density at radius 2 is 2.10 bits per heavy atom. The van der Waals surface area contributed by atoms with Crippen molar-refractivity contribution in [3.63, 3.8) is 0 Å². The maximum atomic E-state index is 9.34. The Morgan fingerprint density at radius 1 is 1.50 bits per heavy atom. The van der Waals surface area contributed by atoms with Gasteiger partial charge in [-0.05, 0) is 26.0 Å². The lowest BCUT2D eigenvalue weighted by Crippen LogP contribution is -2.44. The number of hydrogen-bond acceptors (Lipinski definition) is 3. The molecule has 1 aliphatic rings. The van der Waals surface area contributed by atoms with Gasteiger partial charge in [0.1, 0.15) is 5.76 Å². The van der Waals surface area contributed by atoms with Gasteiger partial charge in [-0.3, -0.25) is 0 Å². The summed E-state index contributed by atoms with van der Waals surface area (Å²) in [6.07, 6.45) is 3.18. The van der Waals surface area contributed by atoms with Gasteiger partial charge in [0.2, 0.25) is 0 Å². The van der Waals surface area contributed by atoms with Crippen LogP contribution in [0.25, 0.3) is 0 Å². The highest BCUT2D eigenvalue weighted by atomic mass is 16.3. The molecule has 0 radical (unpaired) electrons. The van der Waals surface area contributed by atoms with E-state index in [4.69, 9.17) is 5.11 Å². The number of dihydropyridines is 1. The third-order valence-electron chi connectivity index (χ3n) is 1.43. The number of rotatable bonds is 0. The van der Waals surface area contributed by atoms with Crippen LogP contribution in [0.15, 0.2) is 23.6 Å². The molecule has 0 spiro atoms. The quantitative estimate of drug-likeness (QED) is 0.464. The summed E-state index contributed by atoms with van der Waals surface area (Å²) in [5.41, 5.74) is -0.457. The standard InChI is InChI=1S/C7H11NO2/c1-5-3-4-6(9)7(2,10)8-5/h3-4,8-10H,1-2H3. The molecular formula is C7H11NO2. The monoisotopic (exact) mass is 141 g/mol. The highest BCUT2D eigenvalue weighted by Crippen LogP contribution is 2.16. The summed E-state index contributed by atoms with van der Waals surface area (Å²) in [6, 6.07) is 0. The molecule has 3 heteroatoms. The largest absolute Gasteiger partial charge is 0.507 e. The molecule has 1 unspecified atom stereocenters. The summed E-state index contributed by atoms with van der Waals surface area (Å²) < 4.78 is 0. The van der Waals surface area contributed by atoms with Crippen LogP contribution < -0.4 is 5.32 Å². The van der Waals surface area contributed by atoms with Gasteiger partial charge in [-0.15, -0.1) is 0 Å². The van der Waals surface area contributed by atoms with Gasteiger partial charge in [0.25, 0.3) is 0 Å². The summed E-state index contributed by atoms with van der Waals surface area (Å²) in [5, 5.41) is 21.1. The van der Waals surface area contributed by atoms with Crippen molar-refractivity contribution in [3.8, 4) is 0 Å². The first-order valence-corrected chi connectivity index (χ1v) is 3.11. The molecule has 0 aromatic rings. The lowest BCUT2D eigenvalue weighted by Gasteiger charge is -2.27. The van der Waals surface area contributed by atoms with Crippen molar-refractivity contribution in [2.75, 3.05) is 0 Å². The third-order valence-corrected chi connectivity index (χ3v) is 1.43. The molecule has 0 amide bonds. The Labute approximate surface area is 59.7 Å². The van der Waals surface area contributed by atoms with Crippen LogP contribution in [0.1, 0.15) is 13.8 Å². The second kappa shape index (κ2) is 2.02. The van der Waals surface area contributed by atoms with Crippen LogP contribution in [0.3, 0.4) is 0 Å². The second-order valence-electron chi connectivity index (χ2n) is 2.60. The molecule has 3 nitrogen and oxygen atoms in total. The van der Waals surface area contributed by atoms with Gasteiger partial charge >= 0.3 is 0 Å². The summed E-state index contributed by atoms with van der Waals surface area (Å²) in [5.74, 6) is -0.0573. The van der Waals surface area contributed by atoms with Crippen LogP contribution in [0, 0.1) is 0 Å². The Bertz CT molecular complexity index is 204. The average Bonchev–Trinajstić information content (AvgIpc) is 1.78. The summed E-state index contributed by atoms with van der Waals surface area (Å²) in [6.45, 7) is 3.31. The van der Waals surface area contributed by atoms with E-state index in [1.54, 1.807) is 6.08 Å². The molecule has 0 saturated carbocycles. The van der Waals surface area contributed by atoms with Crippen molar-refractivity contribution in [1.82, 2.24) is 5.32 Å². The fraction of sp³-hybridized carbons (Fsp3) is 0.429. The van der Waals surface area contributed by atoms with E-state index in [2.05, 4.69) is 5.32 Å². The smallest absolute Gasteiger partial charge is 0.191 e. The van der Waals surface area contributed by atoms with Gasteiger partial charge < -0.3 is 15.5 Å². The SMILES string of the molecule is CC1=CC=C(O)C(C)(O)N1. The van der Waals surface area contributed by atoms with Crippen LogP contribution in [-0.2, 0) is 0 Å². The summed E-state index contributed by atoms with van der Waals surface area (Å²) in [4.78, 5) is 0. The Morgan fingerprint density at radius 3 is 2.50 bits per heavy atom. The van der Waals surface area contributed by atoms with Crippen LogP contribution >= 0.6 is 0 Å². The lowest BCUT2D eigenvalue weighted by atomic mass is 10.1. The average molecular weight is 141 g/mol. The molecule has 10 heavy (non-hydrogen) atoms. The number of nitrogens with one attached hydrogen (secondary N) is 1. The number of aliphatic hydroxyl groups excluding tert-OH is 1. The summed E-state index contributed by atoms with van der Waals surface area (Å²) >= 11 is 0. The van der Waals surface area contributed by atoms with E-state index in [0.29, 0.717) is 0 Å². The Hall–Kier alpha value is -0.960. The maximum absolute atomic E-state index is 9.34. The molecule has 0 aromatic carbocycles. The van der Waals surface area contributed by atoms with E-state index < -0.39 is 5.72 Å². The number of aliphatic hydroxyl groups is 2. The van der Waals surface area contributed by atoms with Crippen LogP contribution in [0.4, 0.5) is 0 Å². The van der Waals surface area contributed by atoms with Gasteiger partial charge in [-0.25, -0.2) is 0 Å². The molecule has 56 valence electrons. The van der Waals surface area contributed by atoms with Crippen LogP contribution in [0.5, 0.6) is 0 Å². The van der Waals surface area contributed by atoms with E-state index in [9.17, 15) is 5.11 Å². The molecule has 0 saturated heterocycles. The van der Waals surface area contributed by atoms with Crippen molar-refractivity contribution in [2.24, 2.45) is 0 Å². The molecule has 0 aromatic heterocycles. The van der Waals surface area contributed by atoms with Crippen molar-refractivity contribution in [2.45, 2.75) is 19.6 Å². The molecule has 1 atom stereocenters. The minimum atomic E-state index is -1.29. The van der Waals surface area contributed by atoms with Gasteiger partial charge in [0.15, 0.2) is 5.72 Å². The fourth-order valence-electron chi connectivity index (χ4n) is 0.856. The van der Waals surface area contributed by atoms with Crippen molar-refractivity contribution >= 4 is 0 Å². The van der Waals surface area contributed by atoms with E-state index in [1.807, 2.05) is 6.92 Å². The zero-order valence-corrected chi connectivity index (χ0v) is 6.05. The van der Waals surface area contributed by atoms with Crippen molar-refractivity contribution < 1.29 is 10.2 Å². The predicted octanol–water partition coefficient (Wildman–Crippen LogP) is 0.644. The minimum Gasteiger partial charge on any atom is -0.507 e. The number of hydrogen-bond donors (Lipinski definition) is 3. The van der Waals surface area contributed by atoms with Gasteiger partial charge in [0, 0.05) is 5.70 Å². The topological polar surface area (TPSA) is 52.5 Å². The van der Waals surface area contributed by atoms with E-state index in [1.165, 1.54) is 13.0 Å². The molecule has 1 heterocycles. The zero-order valence-electron chi connectivity index (χ0n) is 6.05. The second-order valence-corrected chi connectivity index (χ2v) is 2.60. The zero-order chi connectivity index (χ0) is 7.78. The van der Waals surface area contributed by atoms with Crippen molar-refractivity contribution in [3.05, 3.63) is 23.6 Å². The first kappa shape index (κ1) is 7.15. The molecule has 0 fully saturated rings. The van der Waals surface area contributed by atoms with Gasteiger partial charge in [-0.2, -0.15) is 0 Å². The molecule has 0 aliphatic carbocycles. The highest BCUT2D eigenvalue weighted by molar-refractivity contribution is 5.24. The predicted molar refractivity (Wildman–Crippen MR) is 38.2 cm³/mol. The molecule has 1 aliphatic heterocycles. The fourth-order valence-corrected chi connectivity index (χ4v) is 0.856. The third kappa shape index (κ3) is 1.14. The molecule has 0 bridgehead atoms. The minimum absolute atomic E-state index is 0.0573. The lowest BCUT2D eigenvalue weighted by molar-refractivity contribution is 0.0281. The molecule has 1 rings (SSSR count). The van der Waals surface area contributed by atoms with Crippen LogP contribution in [0.2, 0.25) is 0 Å². The highest BCUT2D eigenvalue weighted by Gasteiger charge is 2.26. The first-order valence-electron chi connectivity index (χ1n) is 3.11. The van der Waals surface area contributed by atoms with Gasteiger partial charge in [0.05, 0.1) is 0 Å². The van der Waals surface area contributed by atoms with Gasteiger partial charge in [-0.1, -0.05) is 0 Å². The van der Waals surface area contributed by atoms with Crippen molar-refractivity contribution in [1.29, 1.82) is 0 Å². The van der Waals surface area contributed by atoms with E-state index in [0.717, 1.165) is 5.70 Å². The summed E-state index contributed by atoms with van der Waals surface area (Å²) in [7, 11) is 0. The normalized spacial score (nSPS) is 32.3. The van der Waals surface area contributed by atoms with E-state index >= 15 is 0 Å². The first-order chi connectivity index (χ1) is 4.52. The molecule has 3 N–H and O–H groups in total. The van der Waals surface area contributed by atoms with E-state index in [-0.39, 0.29) is 5.76 Å². The maximum Gasteiger partial charge on any atom is 0.191 e. The molecular weight excluding hydrogens is 130 g/mol. The number of allylic oxidation sites excluding steroid dienone is 3. The Balaban J connectivity index is 2.89. The van der Waals surface area contributed by atoms with Crippen LogP contribution in [-0.4, -0.2) is 15.9 Å². The Kier molecular flexibility index (Phi) is 1.45.